The van der Waals surface area contributed by atoms with Gasteiger partial charge in [0, 0.05) is 21.9 Å². The molecule has 2 nitrogen and oxygen atoms in total. The van der Waals surface area contributed by atoms with E-state index in [1.165, 1.54) is 17.8 Å². The van der Waals surface area contributed by atoms with Gasteiger partial charge in [-0.1, -0.05) is 17.7 Å². The lowest BCUT2D eigenvalue weighted by molar-refractivity contribution is 0.411. The van der Waals surface area contributed by atoms with E-state index in [0.29, 0.717) is 16.3 Å². The minimum Gasteiger partial charge on any atom is -0.496 e. The van der Waals surface area contributed by atoms with Crippen LogP contribution in [-0.4, -0.2) is 7.11 Å². The van der Waals surface area contributed by atoms with Crippen LogP contribution in [0.25, 0.3) is 0 Å². The van der Waals surface area contributed by atoms with Gasteiger partial charge in [0.05, 0.1) is 7.11 Å². The zero-order chi connectivity index (χ0) is 13.8. The molecular formula is C15H16FNOS. The van der Waals surface area contributed by atoms with Crippen LogP contribution < -0.4 is 10.5 Å². The number of nitrogens with two attached hydrogens (primary N) is 1. The van der Waals surface area contributed by atoms with Gasteiger partial charge < -0.3 is 10.5 Å². The van der Waals surface area contributed by atoms with E-state index in [-0.39, 0.29) is 5.82 Å². The van der Waals surface area contributed by atoms with Crippen molar-refractivity contribution in [2.24, 2.45) is 0 Å². The maximum atomic E-state index is 13.7. The molecule has 0 aliphatic rings. The molecule has 0 radical (unpaired) electrons. The summed E-state index contributed by atoms with van der Waals surface area (Å²) in [6.45, 7) is 2.03. The Balaban J connectivity index is 2.16. The molecule has 0 aliphatic carbocycles. The number of aryl methyl sites for hydroxylation is 1. The summed E-state index contributed by atoms with van der Waals surface area (Å²) in [5, 5.41) is 0. The molecule has 4 heteroatoms. The highest BCUT2D eigenvalue weighted by Crippen LogP contribution is 2.30. The van der Waals surface area contributed by atoms with Crippen molar-refractivity contribution >= 4 is 17.4 Å². The lowest BCUT2D eigenvalue weighted by atomic mass is 10.1. The van der Waals surface area contributed by atoms with Crippen molar-refractivity contribution in [1.82, 2.24) is 0 Å². The first kappa shape index (κ1) is 13.7. The number of ether oxygens (including phenoxy) is 1. The summed E-state index contributed by atoms with van der Waals surface area (Å²) in [6, 6.07) is 10.7. The molecule has 0 aromatic heterocycles. The standard InChI is InChI=1S/C15H16FNOS/c1-10-3-5-14(18-2)11(7-10)9-19-15-6-4-12(17)8-13(15)16/h3-8H,9,17H2,1-2H3. The van der Waals surface area contributed by atoms with Crippen LogP contribution in [0.4, 0.5) is 10.1 Å². The molecule has 19 heavy (non-hydrogen) atoms. The van der Waals surface area contributed by atoms with Gasteiger partial charge in [-0.2, -0.15) is 0 Å². The van der Waals surface area contributed by atoms with Crippen molar-refractivity contribution in [3.63, 3.8) is 0 Å². The molecule has 2 N–H and O–H groups in total. The molecule has 0 saturated carbocycles. The number of nitrogen functional groups attached to an aromatic ring is 1. The van der Waals surface area contributed by atoms with E-state index in [1.807, 2.05) is 19.1 Å². The number of anilines is 1. The van der Waals surface area contributed by atoms with Crippen LogP contribution in [0.15, 0.2) is 41.3 Å². The van der Waals surface area contributed by atoms with Gasteiger partial charge in [0.1, 0.15) is 11.6 Å². The Morgan fingerprint density at radius 2 is 2.00 bits per heavy atom. The quantitative estimate of drug-likeness (QED) is 0.677. The average molecular weight is 277 g/mol. The fraction of sp³-hybridized carbons (Fsp3) is 0.200. The van der Waals surface area contributed by atoms with Gasteiger partial charge in [0.25, 0.3) is 0 Å². The Kier molecular flexibility index (Phi) is 4.32. The Bertz CT molecular complexity index is 586. The molecule has 0 spiro atoms. The topological polar surface area (TPSA) is 35.2 Å². The lowest BCUT2D eigenvalue weighted by Gasteiger charge is -2.10. The second-order valence-electron chi connectivity index (χ2n) is 4.29. The predicted octanol–water partition coefficient (Wildman–Crippen LogP) is 4.02. The van der Waals surface area contributed by atoms with Crippen molar-refractivity contribution in [3.8, 4) is 5.75 Å². The van der Waals surface area contributed by atoms with Gasteiger partial charge in [-0.25, -0.2) is 4.39 Å². The third-order valence-electron chi connectivity index (χ3n) is 2.78. The summed E-state index contributed by atoms with van der Waals surface area (Å²) >= 11 is 1.44. The molecule has 2 aromatic rings. The van der Waals surface area contributed by atoms with Crippen LogP contribution in [0.2, 0.25) is 0 Å². The van der Waals surface area contributed by atoms with E-state index in [0.717, 1.165) is 16.9 Å². The second-order valence-corrected chi connectivity index (χ2v) is 5.31. The van der Waals surface area contributed by atoms with Gasteiger partial charge in [-0.05, 0) is 31.2 Å². The molecule has 0 heterocycles. The molecular weight excluding hydrogens is 261 g/mol. The maximum Gasteiger partial charge on any atom is 0.138 e. The number of rotatable bonds is 4. The predicted molar refractivity (Wildman–Crippen MR) is 78.1 cm³/mol. The van der Waals surface area contributed by atoms with Crippen LogP contribution >= 0.6 is 11.8 Å². The van der Waals surface area contributed by atoms with Crippen LogP contribution in [0.5, 0.6) is 5.75 Å². The molecule has 0 fully saturated rings. The van der Waals surface area contributed by atoms with Crippen molar-refractivity contribution < 1.29 is 9.13 Å². The van der Waals surface area contributed by atoms with E-state index in [2.05, 4.69) is 6.07 Å². The molecule has 0 unspecified atom stereocenters. The number of hydrogen-bond acceptors (Lipinski definition) is 3. The van der Waals surface area contributed by atoms with Crippen LogP contribution in [-0.2, 0) is 5.75 Å². The minimum atomic E-state index is -0.281. The summed E-state index contributed by atoms with van der Waals surface area (Å²) < 4.78 is 19.0. The van der Waals surface area contributed by atoms with Crippen molar-refractivity contribution in [2.75, 3.05) is 12.8 Å². The first-order chi connectivity index (χ1) is 9.10. The van der Waals surface area contributed by atoms with E-state index >= 15 is 0 Å². The minimum absolute atomic E-state index is 0.281. The van der Waals surface area contributed by atoms with Crippen LogP contribution in [0.3, 0.4) is 0 Å². The molecule has 100 valence electrons. The second kappa shape index (κ2) is 5.97. The number of benzene rings is 2. The largest absolute Gasteiger partial charge is 0.496 e. The molecule has 0 bridgehead atoms. The van der Waals surface area contributed by atoms with Gasteiger partial charge >= 0.3 is 0 Å². The number of hydrogen-bond donors (Lipinski definition) is 1. The Hall–Kier alpha value is -1.68. The van der Waals surface area contributed by atoms with E-state index in [1.54, 1.807) is 19.2 Å². The number of methoxy groups -OCH3 is 1. The van der Waals surface area contributed by atoms with E-state index in [9.17, 15) is 4.39 Å². The highest BCUT2D eigenvalue weighted by atomic mass is 32.2. The highest BCUT2D eigenvalue weighted by molar-refractivity contribution is 7.98. The Labute approximate surface area is 116 Å². The Morgan fingerprint density at radius 1 is 1.21 bits per heavy atom. The summed E-state index contributed by atoms with van der Waals surface area (Å²) in [4.78, 5) is 0.595. The molecule has 0 aliphatic heterocycles. The fourth-order valence-electron chi connectivity index (χ4n) is 1.81. The van der Waals surface area contributed by atoms with Crippen LogP contribution in [0, 0.1) is 12.7 Å². The smallest absolute Gasteiger partial charge is 0.138 e. The number of halogens is 1. The molecule has 2 aromatic carbocycles. The summed E-state index contributed by atoms with van der Waals surface area (Å²) in [7, 11) is 1.64. The first-order valence-electron chi connectivity index (χ1n) is 5.91. The van der Waals surface area contributed by atoms with Crippen molar-refractivity contribution in [1.29, 1.82) is 0 Å². The van der Waals surface area contributed by atoms with Gasteiger partial charge in [-0.15, -0.1) is 11.8 Å². The van der Waals surface area contributed by atoms with Crippen molar-refractivity contribution in [3.05, 3.63) is 53.3 Å². The monoisotopic (exact) mass is 277 g/mol. The Morgan fingerprint density at radius 3 is 2.68 bits per heavy atom. The highest BCUT2D eigenvalue weighted by Gasteiger charge is 2.07. The van der Waals surface area contributed by atoms with Gasteiger partial charge in [-0.3, -0.25) is 0 Å². The summed E-state index contributed by atoms with van der Waals surface area (Å²) in [5.41, 5.74) is 8.19. The number of thioether (sulfide) groups is 1. The third-order valence-corrected chi connectivity index (χ3v) is 3.87. The van der Waals surface area contributed by atoms with Gasteiger partial charge in [0.15, 0.2) is 0 Å². The average Bonchev–Trinajstić information content (AvgIpc) is 2.38. The van der Waals surface area contributed by atoms with Gasteiger partial charge in [0.2, 0.25) is 0 Å². The normalized spacial score (nSPS) is 10.5. The maximum absolute atomic E-state index is 13.7. The zero-order valence-electron chi connectivity index (χ0n) is 10.9. The summed E-state index contributed by atoms with van der Waals surface area (Å²) in [5.74, 6) is 1.21. The van der Waals surface area contributed by atoms with E-state index < -0.39 is 0 Å². The lowest BCUT2D eigenvalue weighted by Crippen LogP contribution is -1.92. The van der Waals surface area contributed by atoms with E-state index in [4.69, 9.17) is 10.5 Å². The SMILES string of the molecule is COc1ccc(C)cc1CSc1ccc(N)cc1F. The molecule has 0 saturated heterocycles. The first-order valence-corrected chi connectivity index (χ1v) is 6.90. The van der Waals surface area contributed by atoms with Crippen molar-refractivity contribution in [2.45, 2.75) is 17.6 Å². The fourth-order valence-corrected chi connectivity index (χ4v) is 2.71. The molecule has 0 amide bonds. The van der Waals surface area contributed by atoms with Crippen LogP contribution in [0.1, 0.15) is 11.1 Å². The molecule has 2 rings (SSSR count). The molecule has 0 atom stereocenters. The summed E-state index contributed by atoms with van der Waals surface area (Å²) in [6.07, 6.45) is 0. The zero-order valence-corrected chi connectivity index (χ0v) is 11.8. The third kappa shape index (κ3) is 3.41.